The number of nitrogens with one attached hydrogen (secondary N) is 1. The van der Waals surface area contributed by atoms with E-state index in [-0.39, 0.29) is 12.4 Å². The molecule has 0 unspecified atom stereocenters. The Morgan fingerprint density at radius 1 is 0.964 bits per heavy atom. The van der Waals surface area contributed by atoms with E-state index in [1.54, 1.807) is 30.3 Å². The van der Waals surface area contributed by atoms with Crippen LogP contribution in [-0.2, 0) is 10.0 Å². The van der Waals surface area contributed by atoms with Crippen LogP contribution in [0.5, 0.6) is 5.75 Å². The van der Waals surface area contributed by atoms with Crippen LogP contribution in [0.25, 0.3) is 16.9 Å². The minimum Gasteiger partial charge on any atom is -0.492 e. The number of para-hydroxylation sites is 1. The molecule has 0 radical (unpaired) electrons. The molecule has 7 heteroatoms. The van der Waals surface area contributed by atoms with Crippen LogP contribution >= 0.6 is 0 Å². The Balaban J connectivity index is 1.45. The smallest absolute Gasteiger partial charge is 0.236 e. The zero-order valence-corrected chi connectivity index (χ0v) is 15.8. The predicted molar refractivity (Wildman–Crippen MR) is 110 cm³/mol. The van der Waals surface area contributed by atoms with Crippen LogP contribution in [0.3, 0.4) is 0 Å². The van der Waals surface area contributed by atoms with Crippen molar-refractivity contribution in [2.75, 3.05) is 17.1 Å². The molecule has 0 saturated heterocycles. The Morgan fingerprint density at radius 3 is 2.61 bits per heavy atom. The number of nitrogens with zero attached hydrogens (tertiary/aromatic N) is 2. The van der Waals surface area contributed by atoms with Crippen LogP contribution in [0.4, 0.5) is 5.69 Å². The number of benzene rings is 2. The van der Waals surface area contributed by atoms with Crippen LogP contribution in [0.2, 0.25) is 0 Å². The number of imidazole rings is 1. The van der Waals surface area contributed by atoms with Crippen LogP contribution in [-0.4, -0.2) is 30.2 Å². The average Bonchev–Trinajstić information content (AvgIpc) is 3.13. The maximum absolute atomic E-state index is 12.4. The average molecular weight is 393 g/mol. The molecule has 0 aliphatic carbocycles. The lowest BCUT2D eigenvalue weighted by Gasteiger charge is -2.10. The van der Waals surface area contributed by atoms with E-state index in [1.165, 1.54) is 0 Å². The van der Waals surface area contributed by atoms with E-state index in [2.05, 4.69) is 9.71 Å². The van der Waals surface area contributed by atoms with Gasteiger partial charge in [0.1, 0.15) is 23.8 Å². The zero-order valence-electron chi connectivity index (χ0n) is 15.0. The summed E-state index contributed by atoms with van der Waals surface area (Å²) in [6, 6.07) is 22.1. The standard InChI is InChI=1S/C21H19N3O3S/c25-28(26,14-13-27-19-9-2-1-3-10-19)23-18-8-6-7-17(15-18)20-16-24-12-5-4-11-21(24)22-20/h1-12,15-16,23H,13-14H2. The van der Waals surface area contributed by atoms with Crippen molar-refractivity contribution in [3.63, 3.8) is 0 Å². The van der Waals surface area contributed by atoms with E-state index >= 15 is 0 Å². The van der Waals surface area contributed by atoms with Gasteiger partial charge in [0, 0.05) is 23.6 Å². The van der Waals surface area contributed by atoms with Gasteiger partial charge in [0.2, 0.25) is 10.0 Å². The Kier molecular flexibility index (Phi) is 4.99. The van der Waals surface area contributed by atoms with Gasteiger partial charge in [-0.2, -0.15) is 0 Å². The van der Waals surface area contributed by atoms with Crippen molar-refractivity contribution in [3.8, 4) is 17.0 Å². The van der Waals surface area contributed by atoms with Crippen molar-refractivity contribution >= 4 is 21.4 Å². The van der Waals surface area contributed by atoms with Gasteiger partial charge in [-0.15, -0.1) is 0 Å². The molecule has 0 aliphatic rings. The van der Waals surface area contributed by atoms with Gasteiger partial charge in [0.15, 0.2) is 0 Å². The Labute approximate surface area is 163 Å². The number of aromatic nitrogens is 2. The first-order chi connectivity index (χ1) is 13.6. The molecule has 0 fully saturated rings. The highest BCUT2D eigenvalue weighted by molar-refractivity contribution is 7.92. The fourth-order valence-corrected chi connectivity index (χ4v) is 3.72. The summed E-state index contributed by atoms with van der Waals surface area (Å²) in [5.41, 5.74) is 2.94. The Morgan fingerprint density at radius 2 is 1.79 bits per heavy atom. The first-order valence-electron chi connectivity index (χ1n) is 8.82. The molecular formula is C21H19N3O3S. The lowest BCUT2D eigenvalue weighted by atomic mass is 10.1. The molecule has 0 bridgehead atoms. The number of rotatable bonds is 7. The number of anilines is 1. The van der Waals surface area contributed by atoms with E-state index in [4.69, 9.17) is 4.74 Å². The molecule has 142 valence electrons. The Bertz CT molecular complexity index is 1150. The molecular weight excluding hydrogens is 374 g/mol. The van der Waals surface area contributed by atoms with Gasteiger partial charge in [0.25, 0.3) is 0 Å². The summed E-state index contributed by atoms with van der Waals surface area (Å²) in [5.74, 6) is 0.507. The maximum atomic E-state index is 12.4. The summed E-state index contributed by atoms with van der Waals surface area (Å²) < 4.78 is 34.7. The Hall–Kier alpha value is -3.32. The number of pyridine rings is 1. The quantitative estimate of drug-likeness (QED) is 0.518. The largest absolute Gasteiger partial charge is 0.492 e. The predicted octanol–water partition coefficient (Wildman–Crippen LogP) is 3.82. The molecule has 0 amide bonds. The minimum atomic E-state index is -3.53. The molecule has 4 aromatic rings. The third-order valence-corrected chi connectivity index (χ3v) is 5.41. The van der Waals surface area contributed by atoms with Crippen molar-refractivity contribution in [2.24, 2.45) is 0 Å². The fourth-order valence-electron chi connectivity index (χ4n) is 2.83. The van der Waals surface area contributed by atoms with Gasteiger partial charge in [-0.25, -0.2) is 13.4 Å². The third kappa shape index (κ3) is 4.32. The molecule has 2 aromatic carbocycles. The molecule has 0 saturated carbocycles. The van der Waals surface area contributed by atoms with Crippen molar-refractivity contribution in [1.29, 1.82) is 0 Å². The summed E-state index contributed by atoms with van der Waals surface area (Å²) in [6.07, 6.45) is 3.84. The highest BCUT2D eigenvalue weighted by Gasteiger charge is 2.12. The molecule has 0 spiro atoms. The van der Waals surface area contributed by atoms with Crippen molar-refractivity contribution < 1.29 is 13.2 Å². The molecule has 6 nitrogen and oxygen atoms in total. The normalized spacial score (nSPS) is 11.4. The van der Waals surface area contributed by atoms with Crippen LogP contribution in [0.1, 0.15) is 0 Å². The van der Waals surface area contributed by atoms with Gasteiger partial charge < -0.3 is 9.14 Å². The van der Waals surface area contributed by atoms with Crippen molar-refractivity contribution in [2.45, 2.75) is 0 Å². The van der Waals surface area contributed by atoms with Crippen molar-refractivity contribution in [1.82, 2.24) is 9.38 Å². The number of sulfonamides is 1. The molecule has 0 aliphatic heterocycles. The summed E-state index contributed by atoms with van der Waals surface area (Å²) in [7, 11) is -3.53. The molecule has 28 heavy (non-hydrogen) atoms. The summed E-state index contributed by atoms with van der Waals surface area (Å²) in [6.45, 7) is 0.0749. The van der Waals surface area contributed by atoms with Gasteiger partial charge in [-0.1, -0.05) is 36.4 Å². The second-order valence-corrected chi connectivity index (χ2v) is 8.10. The van der Waals surface area contributed by atoms with Crippen LogP contribution < -0.4 is 9.46 Å². The summed E-state index contributed by atoms with van der Waals surface area (Å²) in [5, 5.41) is 0. The van der Waals surface area contributed by atoms with Gasteiger partial charge >= 0.3 is 0 Å². The minimum absolute atomic E-state index is 0.0749. The van der Waals surface area contributed by atoms with E-state index < -0.39 is 10.0 Å². The SMILES string of the molecule is O=S(=O)(CCOc1ccccc1)Nc1cccc(-c2cn3ccccc3n2)c1. The number of ether oxygens (including phenoxy) is 1. The van der Waals surface area contributed by atoms with Crippen LogP contribution in [0.15, 0.2) is 85.2 Å². The van der Waals surface area contributed by atoms with E-state index in [9.17, 15) is 8.42 Å². The lowest BCUT2D eigenvalue weighted by Crippen LogP contribution is -2.21. The molecule has 1 N–H and O–H groups in total. The van der Waals surface area contributed by atoms with Crippen LogP contribution in [0, 0.1) is 0 Å². The molecule has 2 heterocycles. The summed E-state index contributed by atoms with van der Waals surface area (Å²) >= 11 is 0. The van der Waals surface area contributed by atoms with Gasteiger partial charge in [-0.05, 0) is 36.4 Å². The molecule has 2 aromatic heterocycles. The van der Waals surface area contributed by atoms with Crippen molar-refractivity contribution in [3.05, 3.63) is 85.2 Å². The fraction of sp³-hybridized carbons (Fsp3) is 0.0952. The van der Waals surface area contributed by atoms with E-state index in [1.807, 2.05) is 59.3 Å². The number of fused-ring (bicyclic) bond motifs is 1. The topological polar surface area (TPSA) is 72.7 Å². The molecule has 4 rings (SSSR count). The number of hydrogen-bond acceptors (Lipinski definition) is 4. The van der Waals surface area contributed by atoms with Gasteiger partial charge in [0.05, 0.1) is 5.69 Å². The third-order valence-electron chi connectivity index (χ3n) is 4.16. The maximum Gasteiger partial charge on any atom is 0.236 e. The summed E-state index contributed by atoms with van der Waals surface area (Å²) in [4.78, 5) is 4.57. The van der Waals surface area contributed by atoms with E-state index in [0.717, 1.165) is 16.9 Å². The monoisotopic (exact) mass is 393 g/mol. The second-order valence-electron chi connectivity index (χ2n) is 6.26. The molecule has 0 atom stereocenters. The highest BCUT2D eigenvalue weighted by atomic mass is 32.2. The first kappa shape index (κ1) is 18.1. The highest BCUT2D eigenvalue weighted by Crippen LogP contribution is 2.23. The zero-order chi connectivity index (χ0) is 19.4. The van der Waals surface area contributed by atoms with Gasteiger partial charge in [-0.3, -0.25) is 4.72 Å². The van der Waals surface area contributed by atoms with E-state index in [0.29, 0.717) is 11.4 Å². The number of hydrogen-bond donors (Lipinski definition) is 1. The lowest BCUT2D eigenvalue weighted by molar-refractivity contribution is 0.341. The first-order valence-corrected chi connectivity index (χ1v) is 10.5. The second kappa shape index (κ2) is 7.74.